The van der Waals surface area contributed by atoms with Crippen LogP contribution >= 0.6 is 0 Å². The Morgan fingerprint density at radius 1 is 1.07 bits per heavy atom. The van der Waals surface area contributed by atoms with E-state index in [9.17, 15) is 4.79 Å². The van der Waals surface area contributed by atoms with Gasteiger partial charge in [0.25, 0.3) is 0 Å². The smallest absolute Gasteiger partial charge is 0.141 e. The zero-order chi connectivity index (χ0) is 11.1. The van der Waals surface area contributed by atoms with Gasteiger partial charge in [0.1, 0.15) is 5.78 Å². The fraction of sp³-hybridized carbons (Fsp3) is 0.923. The number of carbonyl (C=O) groups excluding carboxylic acids is 1. The van der Waals surface area contributed by atoms with Gasteiger partial charge in [0.2, 0.25) is 0 Å². The molecule has 0 amide bonds. The summed E-state index contributed by atoms with van der Waals surface area (Å²) in [4.78, 5) is 14.6. The molecule has 2 heteroatoms. The molecule has 1 heterocycles. The second kappa shape index (κ2) is 3.89. The average molecular weight is 209 g/mol. The molecule has 2 aliphatic rings. The van der Waals surface area contributed by atoms with Gasteiger partial charge in [-0.25, -0.2) is 0 Å². The molecule has 2 rings (SSSR count). The molecule has 2 atom stereocenters. The van der Waals surface area contributed by atoms with E-state index in [2.05, 4.69) is 25.7 Å². The molecule has 15 heavy (non-hydrogen) atoms. The molecule has 1 aliphatic heterocycles. The second-order valence-electron chi connectivity index (χ2n) is 6.16. The molecule has 2 nitrogen and oxygen atoms in total. The van der Waals surface area contributed by atoms with Gasteiger partial charge in [0, 0.05) is 30.5 Å². The van der Waals surface area contributed by atoms with E-state index >= 15 is 0 Å². The van der Waals surface area contributed by atoms with E-state index in [1.807, 2.05) is 0 Å². The minimum absolute atomic E-state index is 0.224. The molecule has 0 N–H and O–H groups in total. The SMILES string of the molecule is CC(C)(C)N1C[C@H]2CCCC[C@@H](C1)C2=O. The summed E-state index contributed by atoms with van der Waals surface area (Å²) in [5.41, 5.74) is 0.224. The van der Waals surface area contributed by atoms with E-state index in [0.29, 0.717) is 17.6 Å². The molecule has 0 unspecified atom stereocenters. The van der Waals surface area contributed by atoms with Crippen LogP contribution in [0.25, 0.3) is 0 Å². The van der Waals surface area contributed by atoms with Gasteiger partial charge in [0.15, 0.2) is 0 Å². The van der Waals surface area contributed by atoms with E-state index in [1.54, 1.807) is 0 Å². The van der Waals surface area contributed by atoms with Gasteiger partial charge in [-0.1, -0.05) is 12.8 Å². The predicted molar refractivity (Wildman–Crippen MR) is 61.8 cm³/mol. The summed E-state index contributed by atoms with van der Waals surface area (Å²) < 4.78 is 0. The van der Waals surface area contributed by atoms with Crippen LogP contribution in [0.5, 0.6) is 0 Å². The highest BCUT2D eigenvalue weighted by Gasteiger charge is 2.39. The van der Waals surface area contributed by atoms with Crippen LogP contribution in [0.2, 0.25) is 0 Å². The van der Waals surface area contributed by atoms with Crippen LogP contribution in [0.1, 0.15) is 46.5 Å². The maximum atomic E-state index is 12.1. The lowest BCUT2D eigenvalue weighted by atomic mass is 9.84. The molecule has 0 aromatic carbocycles. The number of nitrogens with zero attached hydrogens (tertiary/aromatic N) is 1. The molecular formula is C13H23NO. The fourth-order valence-electron chi connectivity index (χ4n) is 2.92. The van der Waals surface area contributed by atoms with Crippen molar-refractivity contribution in [2.24, 2.45) is 11.8 Å². The first-order valence-corrected chi connectivity index (χ1v) is 6.27. The van der Waals surface area contributed by atoms with Gasteiger partial charge in [-0.3, -0.25) is 9.69 Å². The first-order chi connectivity index (χ1) is 6.98. The van der Waals surface area contributed by atoms with Crippen molar-refractivity contribution in [2.45, 2.75) is 52.0 Å². The molecule has 2 bridgehead atoms. The van der Waals surface area contributed by atoms with Gasteiger partial charge in [-0.2, -0.15) is 0 Å². The van der Waals surface area contributed by atoms with Crippen LogP contribution in [-0.4, -0.2) is 29.3 Å². The van der Waals surface area contributed by atoms with E-state index < -0.39 is 0 Å². The highest BCUT2D eigenvalue weighted by Crippen LogP contribution is 2.33. The minimum Gasteiger partial charge on any atom is -0.299 e. The number of ketones is 1. The Morgan fingerprint density at radius 2 is 1.53 bits per heavy atom. The van der Waals surface area contributed by atoms with E-state index in [1.165, 1.54) is 12.8 Å². The molecule has 2 fully saturated rings. The Morgan fingerprint density at radius 3 is 1.93 bits per heavy atom. The van der Waals surface area contributed by atoms with E-state index in [-0.39, 0.29) is 5.54 Å². The van der Waals surface area contributed by atoms with Crippen molar-refractivity contribution in [3.8, 4) is 0 Å². The summed E-state index contributed by atoms with van der Waals surface area (Å²) in [5.74, 6) is 1.24. The van der Waals surface area contributed by atoms with E-state index in [4.69, 9.17) is 0 Å². The molecule has 0 aromatic rings. The topological polar surface area (TPSA) is 20.3 Å². The van der Waals surface area contributed by atoms with Crippen molar-refractivity contribution in [3.05, 3.63) is 0 Å². The van der Waals surface area contributed by atoms with Crippen LogP contribution in [0.15, 0.2) is 0 Å². The summed E-state index contributed by atoms with van der Waals surface area (Å²) in [7, 11) is 0. The van der Waals surface area contributed by atoms with Crippen molar-refractivity contribution in [3.63, 3.8) is 0 Å². The van der Waals surface area contributed by atoms with Crippen molar-refractivity contribution in [1.29, 1.82) is 0 Å². The number of likely N-dealkylation sites (tertiary alicyclic amines) is 1. The van der Waals surface area contributed by atoms with Gasteiger partial charge in [-0.05, 0) is 33.6 Å². The third kappa shape index (κ3) is 2.25. The van der Waals surface area contributed by atoms with Gasteiger partial charge in [-0.15, -0.1) is 0 Å². The first kappa shape index (κ1) is 11.1. The number of piperidine rings is 1. The van der Waals surface area contributed by atoms with Crippen LogP contribution < -0.4 is 0 Å². The normalized spacial score (nSPS) is 33.9. The van der Waals surface area contributed by atoms with Crippen molar-refractivity contribution in [1.82, 2.24) is 4.90 Å². The van der Waals surface area contributed by atoms with Crippen LogP contribution in [0.4, 0.5) is 0 Å². The van der Waals surface area contributed by atoms with Crippen molar-refractivity contribution >= 4 is 5.78 Å². The maximum Gasteiger partial charge on any atom is 0.141 e. The number of Topliss-reactive ketones (excluding diaryl/α,β-unsaturated/α-hetero) is 1. The summed E-state index contributed by atoms with van der Waals surface area (Å²) in [6.45, 7) is 8.77. The van der Waals surface area contributed by atoms with Crippen LogP contribution in [0.3, 0.4) is 0 Å². The summed E-state index contributed by atoms with van der Waals surface area (Å²) >= 11 is 0. The Labute approximate surface area is 93.0 Å². The lowest BCUT2D eigenvalue weighted by Gasteiger charge is -2.43. The number of rotatable bonds is 0. The standard InChI is InChI=1S/C13H23NO/c1-13(2,3)14-8-10-6-4-5-7-11(9-14)12(10)15/h10-11H,4-9H2,1-3H3/t10-,11+. The zero-order valence-electron chi connectivity index (χ0n) is 10.3. The van der Waals surface area contributed by atoms with Gasteiger partial charge >= 0.3 is 0 Å². The third-order valence-corrected chi connectivity index (χ3v) is 3.99. The molecular weight excluding hydrogens is 186 g/mol. The molecule has 1 aliphatic carbocycles. The Bertz CT molecular complexity index is 236. The average Bonchev–Trinajstić information content (AvgIpc) is 2.27. The second-order valence-corrected chi connectivity index (χ2v) is 6.16. The highest BCUT2D eigenvalue weighted by atomic mass is 16.1. The Kier molecular flexibility index (Phi) is 2.89. The molecule has 86 valence electrons. The molecule has 1 saturated heterocycles. The predicted octanol–water partition coefficient (Wildman–Crippen LogP) is 2.48. The molecule has 0 radical (unpaired) electrons. The van der Waals surface area contributed by atoms with Gasteiger partial charge < -0.3 is 0 Å². The summed E-state index contributed by atoms with van der Waals surface area (Å²) in [6, 6.07) is 0. The lowest BCUT2D eigenvalue weighted by Crippen LogP contribution is -2.53. The number of hydrogen-bond donors (Lipinski definition) is 0. The summed E-state index contributed by atoms with van der Waals surface area (Å²) in [6.07, 6.45) is 4.76. The van der Waals surface area contributed by atoms with Crippen molar-refractivity contribution in [2.75, 3.05) is 13.1 Å². The lowest BCUT2D eigenvalue weighted by molar-refractivity contribution is -0.133. The highest BCUT2D eigenvalue weighted by molar-refractivity contribution is 5.84. The molecule has 0 aromatic heterocycles. The summed E-state index contributed by atoms with van der Waals surface area (Å²) in [5, 5.41) is 0. The zero-order valence-corrected chi connectivity index (χ0v) is 10.3. The van der Waals surface area contributed by atoms with E-state index in [0.717, 1.165) is 25.9 Å². The monoisotopic (exact) mass is 209 g/mol. The number of hydrogen-bond acceptors (Lipinski definition) is 2. The van der Waals surface area contributed by atoms with Crippen LogP contribution in [-0.2, 0) is 4.79 Å². The minimum atomic E-state index is 0.224. The third-order valence-electron chi connectivity index (χ3n) is 3.99. The quantitative estimate of drug-likeness (QED) is 0.611. The first-order valence-electron chi connectivity index (χ1n) is 6.27. The molecule has 0 spiro atoms. The Hall–Kier alpha value is -0.370. The largest absolute Gasteiger partial charge is 0.299 e. The fourth-order valence-corrected chi connectivity index (χ4v) is 2.92. The van der Waals surface area contributed by atoms with Crippen molar-refractivity contribution < 1.29 is 4.79 Å². The molecule has 1 saturated carbocycles. The number of fused-ring (bicyclic) bond motifs is 2. The Balaban J connectivity index is 2.14. The van der Waals surface area contributed by atoms with Crippen LogP contribution in [0, 0.1) is 11.8 Å². The maximum absolute atomic E-state index is 12.1. The van der Waals surface area contributed by atoms with Gasteiger partial charge in [0.05, 0.1) is 0 Å². The number of carbonyl (C=O) groups is 1.